The highest BCUT2D eigenvalue weighted by Gasteiger charge is 2.16. The van der Waals surface area contributed by atoms with Gasteiger partial charge in [0, 0.05) is 26.5 Å². The lowest BCUT2D eigenvalue weighted by Gasteiger charge is -2.14. The molecule has 0 unspecified atom stereocenters. The summed E-state index contributed by atoms with van der Waals surface area (Å²) in [4.78, 5) is 22.1. The van der Waals surface area contributed by atoms with Gasteiger partial charge in [-0.05, 0) is 42.6 Å². The third kappa shape index (κ3) is 3.20. The first-order valence-corrected chi connectivity index (χ1v) is 9.83. The summed E-state index contributed by atoms with van der Waals surface area (Å²) in [5.41, 5.74) is 1.77. The van der Waals surface area contributed by atoms with Gasteiger partial charge >= 0.3 is 0 Å². The van der Waals surface area contributed by atoms with Crippen LogP contribution >= 0.6 is 34.3 Å². The number of halogens is 1. The summed E-state index contributed by atoms with van der Waals surface area (Å²) in [5, 5.41) is 8.68. The zero-order chi connectivity index (χ0) is 17.4. The SMILES string of the molecule is C[C@@H](Nc1ccc(Cl)cc1)c1nc2scc(-c3cccs3)c2c(=O)[nH]1. The maximum atomic E-state index is 12.6. The highest BCUT2D eigenvalue weighted by atomic mass is 35.5. The fourth-order valence-electron chi connectivity index (χ4n) is 2.65. The second kappa shape index (κ2) is 6.63. The van der Waals surface area contributed by atoms with E-state index in [1.807, 2.05) is 54.1 Å². The molecule has 1 aromatic carbocycles. The summed E-state index contributed by atoms with van der Waals surface area (Å²) < 4.78 is 0. The van der Waals surface area contributed by atoms with Crippen molar-refractivity contribution in [2.24, 2.45) is 0 Å². The first kappa shape index (κ1) is 16.3. The van der Waals surface area contributed by atoms with Gasteiger partial charge in [-0.3, -0.25) is 4.79 Å². The largest absolute Gasteiger partial charge is 0.375 e. The minimum Gasteiger partial charge on any atom is -0.375 e. The number of benzene rings is 1. The van der Waals surface area contributed by atoms with Crippen molar-refractivity contribution in [1.29, 1.82) is 0 Å². The Kier molecular flexibility index (Phi) is 4.33. The van der Waals surface area contributed by atoms with Crippen LogP contribution in [0.4, 0.5) is 5.69 Å². The molecule has 0 aliphatic rings. The molecular weight excluding hydrogens is 374 g/mol. The topological polar surface area (TPSA) is 57.8 Å². The predicted molar refractivity (Wildman–Crippen MR) is 107 cm³/mol. The van der Waals surface area contributed by atoms with Gasteiger partial charge in [-0.2, -0.15) is 0 Å². The first-order valence-electron chi connectivity index (χ1n) is 7.69. The van der Waals surface area contributed by atoms with Gasteiger partial charge < -0.3 is 10.3 Å². The molecule has 0 saturated heterocycles. The number of fused-ring (bicyclic) bond motifs is 1. The molecule has 0 bridgehead atoms. The minimum absolute atomic E-state index is 0.102. The molecule has 0 aliphatic carbocycles. The van der Waals surface area contributed by atoms with Crippen LogP contribution < -0.4 is 10.9 Å². The van der Waals surface area contributed by atoms with Crippen LogP contribution in [0, 0.1) is 0 Å². The van der Waals surface area contributed by atoms with Crippen LogP contribution in [0.5, 0.6) is 0 Å². The Bertz CT molecular complexity index is 1070. The van der Waals surface area contributed by atoms with Crippen LogP contribution in [0.2, 0.25) is 5.02 Å². The summed E-state index contributed by atoms with van der Waals surface area (Å²) in [6, 6.07) is 11.3. The van der Waals surface area contributed by atoms with E-state index >= 15 is 0 Å². The monoisotopic (exact) mass is 387 g/mol. The maximum Gasteiger partial charge on any atom is 0.260 e. The molecule has 0 amide bonds. The number of anilines is 1. The molecule has 0 saturated carbocycles. The molecule has 25 heavy (non-hydrogen) atoms. The van der Waals surface area contributed by atoms with Crippen molar-refractivity contribution in [2.45, 2.75) is 13.0 Å². The highest BCUT2D eigenvalue weighted by Crippen LogP contribution is 2.33. The Labute approximate surface area is 157 Å². The first-order chi connectivity index (χ1) is 12.1. The van der Waals surface area contributed by atoms with Crippen molar-refractivity contribution >= 4 is 50.2 Å². The van der Waals surface area contributed by atoms with E-state index in [-0.39, 0.29) is 11.6 Å². The second-order valence-corrected chi connectivity index (χ2v) is 7.87. The van der Waals surface area contributed by atoms with E-state index in [9.17, 15) is 4.79 Å². The summed E-state index contributed by atoms with van der Waals surface area (Å²) in [6.45, 7) is 1.96. The Morgan fingerprint density at radius 3 is 2.72 bits per heavy atom. The molecule has 0 aliphatic heterocycles. The fraction of sp³-hybridized carbons (Fsp3) is 0.111. The third-order valence-electron chi connectivity index (χ3n) is 3.89. The molecule has 4 aromatic rings. The zero-order valence-electron chi connectivity index (χ0n) is 13.2. The average molecular weight is 388 g/mol. The maximum absolute atomic E-state index is 12.6. The van der Waals surface area contributed by atoms with Crippen LogP contribution in [-0.4, -0.2) is 9.97 Å². The summed E-state index contributed by atoms with van der Waals surface area (Å²) in [6.07, 6.45) is 0. The molecule has 126 valence electrons. The van der Waals surface area contributed by atoms with Gasteiger partial charge in [-0.1, -0.05) is 17.7 Å². The second-order valence-electron chi connectivity index (χ2n) is 5.63. The number of aromatic nitrogens is 2. The Morgan fingerprint density at radius 2 is 2.00 bits per heavy atom. The molecule has 0 fully saturated rings. The Balaban J connectivity index is 1.69. The van der Waals surface area contributed by atoms with Crippen LogP contribution in [0.3, 0.4) is 0 Å². The number of nitrogens with zero attached hydrogens (tertiary/aromatic N) is 1. The van der Waals surface area contributed by atoms with Gasteiger partial charge in [0.2, 0.25) is 0 Å². The molecular formula is C18H14ClN3OS2. The summed E-state index contributed by atoms with van der Waals surface area (Å²) in [7, 11) is 0. The molecule has 7 heteroatoms. The van der Waals surface area contributed by atoms with Crippen molar-refractivity contribution in [3.63, 3.8) is 0 Å². The number of hydrogen-bond acceptors (Lipinski definition) is 5. The Morgan fingerprint density at radius 1 is 1.20 bits per heavy atom. The van der Waals surface area contributed by atoms with Crippen molar-refractivity contribution in [3.05, 3.63) is 68.4 Å². The van der Waals surface area contributed by atoms with Crippen LogP contribution in [-0.2, 0) is 0 Å². The molecule has 3 aromatic heterocycles. The quantitative estimate of drug-likeness (QED) is 0.483. The van der Waals surface area contributed by atoms with Gasteiger partial charge in [-0.25, -0.2) is 4.98 Å². The smallest absolute Gasteiger partial charge is 0.260 e. The standard InChI is InChI=1S/C18H14ClN3OS2/c1-10(20-12-6-4-11(19)5-7-12)16-21-17(23)15-13(9-25-18(15)22-16)14-3-2-8-24-14/h2-10,20H,1H3,(H,21,22,23)/t10-/m1/s1. The normalized spacial score (nSPS) is 12.4. The number of nitrogens with one attached hydrogen (secondary N) is 2. The van der Waals surface area contributed by atoms with E-state index in [1.165, 1.54) is 11.3 Å². The van der Waals surface area contributed by atoms with Gasteiger partial charge in [0.05, 0.1) is 11.4 Å². The molecule has 4 rings (SSSR count). The third-order valence-corrected chi connectivity index (χ3v) is 5.91. The van der Waals surface area contributed by atoms with Gasteiger partial charge in [0.1, 0.15) is 10.7 Å². The van der Waals surface area contributed by atoms with Crippen molar-refractivity contribution in [2.75, 3.05) is 5.32 Å². The zero-order valence-corrected chi connectivity index (χ0v) is 15.6. The highest BCUT2D eigenvalue weighted by molar-refractivity contribution is 7.18. The van der Waals surface area contributed by atoms with Crippen molar-refractivity contribution < 1.29 is 0 Å². The van der Waals surface area contributed by atoms with E-state index in [2.05, 4.69) is 15.3 Å². The Hall–Kier alpha value is -2.15. The number of aromatic amines is 1. The fourth-order valence-corrected chi connectivity index (χ4v) is 4.54. The number of H-pyrrole nitrogens is 1. The molecule has 0 spiro atoms. The van der Waals surface area contributed by atoms with Crippen molar-refractivity contribution in [1.82, 2.24) is 9.97 Å². The van der Waals surface area contributed by atoms with Gasteiger partial charge in [0.15, 0.2) is 0 Å². The van der Waals surface area contributed by atoms with E-state index in [1.54, 1.807) is 11.3 Å². The van der Waals surface area contributed by atoms with Gasteiger partial charge in [0.25, 0.3) is 5.56 Å². The van der Waals surface area contributed by atoms with E-state index in [4.69, 9.17) is 11.6 Å². The lowest BCUT2D eigenvalue weighted by Crippen LogP contribution is -2.17. The predicted octanol–water partition coefficient (Wildman–Crippen LogP) is 5.54. The molecule has 3 heterocycles. The van der Waals surface area contributed by atoms with E-state index in [0.717, 1.165) is 21.0 Å². The average Bonchev–Trinajstić information content (AvgIpc) is 3.25. The van der Waals surface area contributed by atoms with Crippen molar-refractivity contribution in [3.8, 4) is 10.4 Å². The number of rotatable bonds is 4. The lowest BCUT2D eigenvalue weighted by atomic mass is 10.2. The van der Waals surface area contributed by atoms with Crippen LogP contribution in [0.1, 0.15) is 18.8 Å². The lowest BCUT2D eigenvalue weighted by molar-refractivity contribution is 0.793. The molecule has 4 nitrogen and oxygen atoms in total. The molecule has 2 N–H and O–H groups in total. The summed E-state index contributed by atoms with van der Waals surface area (Å²) in [5.74, 6) is 0.618. The minimum atomic E-state index is -0.134. The van der Waals surface area contributed by atoms with E-state index in [0.29, 0.717) is 16.2 Å². The molecule has 0 radical (unpaired) electrons. The van der Waals surface area contributed by atoms with Crippen LogP contribution in [0.15, 0.2) is 52.0 Å². The summed E-state index contributed by atoms with van der Waals surface area (Å²) >= 11 is 9.03. The van der Waals surface area contributed by atoms with Gasteiger partial charge in [-0.15, -0.1) is 22.7 Å². The number of hydrogen-bond donors (Lipinski definition) is 2. The van der Waals surface area contributed by atoms with E-state index < -0.39 is 0 Å². The number of thiophene rings is 2. The van der Waals surface area contributed by atoms with Crippen LogP contribution in [0.25, 0.3) is 20.7 Å². The molecule has 1 atom stereocenters.